The van der Waals surface area contributed by atoms with Gasteiger partial charge in [0.2, 0.25) is 11.5 Å². The summed E-state index contributed by atoms with van der Waals surface area (Å²) < 4.78 is 15.2. The van der Waals surface area contributed by atoms with Gasteiger partial charge in [-0.3, -0.25) is 9.59 Å². The first kappa shape index (κ1) is 14.9. The van der Waals surface area contributed by atoms with Gasteiger partial charge in [-0.1, -0.05) is 6.92 Å². The zero-order chi connectivity index (χ0) is 15.7. The number of rotatable bonds is 4. The molecule has 0 heterocycles. The van der Waals surface area contributed by atoms with Gasteiger partial charge in [0.05, 0.1) is 26.9 Å². The highest BCUT2D eigenvalue weighted by molar-refractivity contribution is 6.27. The normalized spacial score (nSPS) is 14.1. The number of phenols is 1. The number of Topliss-reactive ketones (excluding diaryl/α,β-unsaturated/α-hetero) is 2. The van der Waals surface area contributed by atoms with E-state index in [4.69, 9.17) is 14.2 Å². The molecule has 21 heavy (non-hydrogen) atoms. The first-order valence-corrected chi connectivity index (χ1v) is 6.36. The van der Waals surface area contributed by atoms with Crippen LogP contribution in [0.25, 0.3) is 0 Å². The lowest BCUT2D eigenvalue weighted by Crippen LogP contribution is -2.23. The number of fused-ring (bicyclic) bond motifs is 1. The lowest BCUT2D eigenvalue weighted by atomic mass is 9.86. The predicted molar refractivity (Wildman–Crippen MR) is 74.2 cm³/mol. The van der Waals surface area contributed by atoms with E-state index >= 15 is 0 Å². The molecule has 0 fully saturated rings. The highest BCUT2D eigenvalue weighted by Crippen LogP contribution is 2.44. The van der Waals surface area contributed by atoms with Crippen LogP contribution >= 0.6 is 0 Å². The number of methoxy groups -OCH3 is 3. The molecule has 112 valence electrons. The van der Waals surface area contributed by atoms with Crippen molar-refractivity contribution in [2.24, 2.45) is 0 Å². The van der Waals surface area contributed by atoms with E-state index in [1.165, 1.54) is 27.4 Å². The molecular formula is C15H16O6. The van der Waals surface area contributed by atoms with Crippen molar-refractivity contribution in [2.75, 3.05) is 21.3 Å². The Morgan fingerprint density at radius 2 is 1.71 bits per heavy atom. The molecule has 0 saturated carbocycles. The zero-order valence-corrected chi connectivity index (χ0v) is 12.3. The molecule has 6 nitrogen and oxygen atoms in total. The van der Waals surface area contributed by atoms with E-state index in [2.05, 4.69) is 0 Å². The Labute approximate surface area is 121 Å². The lowest BCUT2D eigenvalue weighted by molar-refractivity contribution is 0.0900. The number of benzene rings is 1. The summed E-state index contributed by atoms with van der Waals surface area (Å²) in [6, 6.07) is 1.37. The van der Waals surface area contributed by atoms with Crippen molar-refractivity contribution in [1.82, 2.24) is 0 Å². The fraction of sp³-hybridized carbons (Fsp3) is 0.333. The molecule has 1 aliphatic carbocycles. The summed E-state index contributed by atoms with van der Waals surface area (Å²) in [7, 11) is 4.06. The second-order valence-corrected chi connectivity index (χ2v) is 4.41. The molecule has 1 aromatic rings. The smallest absolute Gasteiger partial charge is 0.228 e. The van der Waals surface area contributed by atoms with Gasteiger partial charge in [0, 0.05) is 11.1 Å². The molecule has 0 saturated heterocycles. The van der Waals surface area contributed by atoms with Gasteiger partial charge in [-0.15, -0.1) is 0 Å². The van der Waals surface area contributed by atoms with Gasteiger partial charge in [0.15, 0.2) is 23.0 Å². The average Bonchev–Trinajstić information content (AvgIpc) is 2.49. The van der Waals surface area contributed by atoms with E-state index in [1.54, 1.807) is 6.92 Å². The molecule has 0 atom stereocenters. The van der Waals surface area contributed by atoms with Gasteiger partial charge >= 0.3 is 0 Å². The van der Waals surface area contributed by atoms with Crippen LogP contribution < -0.4 is 9.47 Å². The number of carbonyl (C=O) groups excluding carboxylic acids is 2. The molecule has 0 amide bonds. The first-order chi connectivity index (χ1) is 10.0. The maximum absolute atomic E-state index is 12.5. The van der Waals surface area contributed by atoms with E-state index in [1.807, 2.05) is 0 Å². The van der Waals surface area contributed by atoms with Gasteiger partial charge in [-0.25, -0.2) is 0 Å². The number of phenolic OH excluding ortho intramolecular Hbond substituents is 1. The van der Waals surface area contributed by atoms with Crippen LogP contribution in [-0.4, -0.2) is 38.0 Å². The molecule has 0 aliphatic heterocycles. The highest BCUT2D eigenvalue weighted by atomic mass is 16.5. The topological polar surface area (TPSA) is 82.1 Å². The molecule has 1 aliphatic rings. The van der Waals surface area contributed by atoms with E-state index < -0.39 is 17.3 Å². The van der Waals surface area contributed by atoms with Crippen LogP contribution in [-0.2, 0) is 4.74 Å². The SMILES string of the molecule is CCC1=C(OC)C(=O)c2cc(OC)c(OC)c(O)c2C1=O. The number of ether oxygens (including phenoxy) is 3. The van der Waals surface area contributed by atoms with Crippen molar-refractivity contribution in [3.05, 3.63) is 28.5 Å². The quantitative estimate of drug-likeness (QED) is 0.915. The van der Waals surface area contributed by atoms with Gasteiger partial charge in [-0.05, 0) is 12.5 Å². The monoisotopic (exact) mass is 292 g/mol. The van der Waals surface area contributed by atoms with Crippen LogP contribution in [0.3, 0.4) is 0 Å². The van der Waals surface area contributed by atoms with Crippen molar-refractivity contribution in [3.63, 3.8) is 0 Å². The van der Waals surface area contributed by atoms with Crippen LogP contribution in [0.15, 0.2) is 17.4 Å². The summed E-state index contributed by atoms with van der Waals surface area (Å²) in [5.74, 6) is -1.10. The fourth-order valence-corrected chi connectivity index (χ4v) is 2.43. The minimum Gasteiger partial charge on any atom is -0.504 e. The Kier molecular flexibility index (Phi) is 3.88. The maximum atomic E-state index is 12.5. The fourth-order valence-electron chi connectivity index (χ4n) is 2.43. The van der Waals surface area contributed by atoms with Crippen LogP contribution in [0, 0.1) is 0 Å². The Bertz CT molecular complexity index is 657. The number of carbonyl (C=O) groups is 2. The second kappa shape index (κ2) is 5.47. The third kappa shape index (κ3) is 2.03. The molecule has 0 spiro atoms. The second-order valence-electron chi connectivity index (χ2n) is 4.41. The van der Waals surface area contributed by atoms with Gasteiger partial charge in [0.25, 0.3) is 0 Å². The Morgan fingerprint density at radius 3 is 2.19 bits per heavy atom. The minimum atomic E-state index is -0.458. The van der Waals surface area contributed by atoms with Gasteiger partial charge in [-0.2, -0.15) is 0 Å². The largest absolute Gasteiger partial charge is 0.504 e. The standard InChI is InChI=1S/C15H16O6/c1-5-7-11(16)10-8(12(17)14(7)20-3)6-9(19-2)15(21-4)13(10)18/h6,18H,5H2,1-4H3. The van der Waals surface area contributed by atoms with Gasteiger partial charge in [0.1, 0.15) is 0 Å². The number of hydrogen-bond donors (Lipinski definition) is 1. The van der Waals surface area contributed by atoms with Crippen LogP contribution in [0.1, 0.15) is 34.1 Å². The maximum Gasteiger partial charge on any atom is 0.228 e. The summed E-state index contributed by atoms with van der Waals surface area (Å²) in [6.07, 6.45) is 0.320. The van der Waals surface area contributed by atoms with E-state index in [0.717, 1.165) is 0 Å². The Balaban J connectivity index is 2.80. The van der Waals surface area contributed by atoms with Crippen molar-refractivity contribution in [2.45, 2.75) is 13.3 Å². The summed E-state index contributed by atoms with van der Waals surface area (Å²) in [5.41, 5.74) is 0.206. The number of aromatic hydroxyl groups is 1. The molecule has 0 bridgehead atoms. The number of allylic oxidation sites excluding steroid dienone is 2. The third-order valence-electron chi connectivity index (χ3n) is 3.43. The number of hydrogen-bond acceptors (Lipinski definition) is 6. The third-order valence-corrected chi connectivity index (χ3v) is 3.43. The highest BCUT2D eigenvalue weighted by Gasteiger charge is 2.37. The molecular weight excluding hydrogens is 276 g/mol. The van der Waals surface area contributed by atoms with Crippen molar-refractivity contribution in [1.29, 1.82) is 0 Å². The van der Waals surface area contributed by atoms with Gasteiger partial charge < -0.3 is 19.3 Å². The average molecular weight is 292 g/mol. The van der Waals surface area contributed by atoms with Crippen LogP contribution in [0.4, 0.5) is 0 Å². The van der Waals surface area contributed by atoms with Crippen molar-refractivity contribution >= 4 is 11.6 Å². The Hall–Kier alpha value is -2.50. The predicted octanol–water partition coefficient (Wildman–Crippen LogP) is 2.10. The molecule has 0 unspecified atom stereocenters. The van der Waals surface area contributed by atoms with Crippen LogP contribution in [0.5, 0.6) is 17.2 Å². The zero-order valence-electron chi connectivity index (χ0n) is 12.3. The molecule has 1 aromatic carbocycles. The molecule has 2 rings (SSSR count). The summed E-state index contributed by atoms with van der Waals surface area (Å²) >= 11 is 0. The lowest BCUT2D eigenvalue weighted by Gasteiger charge is -2.22. The van der Waals surface area contributed by atoms with Crippen molar-refractivity contribution in [3.8, 4) is 17.2 Å². The van der Waals surface area contributed by atoms with E-state index in [-0.39, 0.29) is 34.0 Å². The summed E-state index contributed by atoms with van der Waals surface area (Å²) in [5, 5.41) is 10.3. The van der Waals surface area contributed by atoms with E-state index in [0.29, 0.717) is 6.42 Å². The van der Waals surface area contributed by atoms with Crippen LogP contribution in [0.2, 0.25) is 0 Å². The Morgan fingerprint density at radius 1 is 1.05 bits per heavy atom. The summed E-state index contributed by atoms with van der Waals surface area (Å²) in [4.78, 5) is 24.9. The molecule has 1 N–H and O–H groups in total. The summed E-state index contributed by atoms with van der Waals surface area (Å²) in [6.45, 7) is 1.74. The van der Waals surface area contributed by atoms with E-state index in [9.17, 15) is 14.7 Å². The van der Waals surface area contributed by atoms with Crippen molar-refractivity contribution < 1.29 is 28.9 Å². The number of ketones is 2. The molecule has 0 radical (unpaired) electrons. The molecule has 0 aromatic heterocycles. The first-order valence-electron chi connectivity index (χ1n) is 6.36. The molecule has 6 heteroatoms. The minimum absolute atomic E-state index is 0.00150.